The molecule has 2 heterocycles. The predicted molar refractivity (Wildman–Crippen MR) is 98.6 cm³/mol. The van der Waals surface area contributed by atoms with Gasteiger partial charge in [0.1, 0.15) is 5.75 Å². The van der Waals surface area contributed by atoms with E-state index in [9.17, 15) is 15.0 Å². The van der Waals surface area contributed by atoms with E-state index in [0.717, 1.165) is 0 Å². The minimum Gasteiger partial charge on any atom is -0.508 e. The Kier molecular flexibility index (Phi) is 4.33. The second-order valence-electron chi connectivity index (χ2n) is 6.54. The van der Waals surface area contributed by atoms with E-state index in [-0.39, 0.29) is 37.1 Å². The quantitative estimate of drug-likeness (QED) is 0.716. The number of anilines is 1. The van der Waals surface area contributed by atoms with Gasteiger partial charge in [0.05, 0.1) is 12.0 Å². The van der Waals surface area contributed by atoms with E-state index in [1.165, 1.54) is 12.1 Å². The lowest BCUT2D eigenvalue weighted by molar-refractivity contribution is -0.117. The molecule has 1 fully saturated rings. The van der Waals surface area contributed by atoms with Crippen LogP contribution < -0.4 is 4.90 Å². The largest absolute Gasteiger partial charge is 0.508 e. The molecule has 0 bridgehead atoms. The standard InChI is InChI=1S/C19H16ClN3O4/c20-13-3-5-14(6-4-13)23-10-19(11-24,9-16(23)26)18-21-17(22-27-18)12-1-7-15(25)8-2-12/h1-8,24-25H,9-11H2. The first kappa shape index (κ1) is 17.5. The molecule has 8 heteroatoms. The molecule has 2 N–H and O–H groups in total. The summed E-state index contributed by atoms with van der Waals surface area (Å²) in [4.78, 5) is 18.6. The number of rotatable bonds is 4. The summed E-state index contributed by atoms with van der Waals surface area (Å²) in [6, 6.07) is 13.3. The number of halogens is 1. The average Bonchev–Trinajstić information content (AvgIpc) is 3.29. The number of aliphatic hydroxyl groups excluding tert-OH is 1. The van der Waals surface area contributed by atoms with Crippen molar-refractivity contribution in [2.75, 3.05) is 18.1 Å². The fourth-order valence-electron chi connectivity index (χ4n) is 3.17. The van der Waals surface area contributed by atoms with Crippen LogP contribution in [0.25, 0.3) is 11.4 Å². The molecule has 0 radical (unpaired) electrons. The second-order valence-corrected chi connectivity index (χ2v) is 6.98. The summed E-state index contributed by atoms with van der Waals surface area (Å²) >= 11 is 5.91. The van der Waals surface area contributed by atoms with Crippen molar-refractivity contribution in [2.45, 2.75) is 11.8 Å². The van der Waals surface area contributed by atoms with Gasteiger partial charge in [-0.2, -0.15) is 4.98 Å². The van der Waals surface area contributed by atoms with Crippen molar-refractivity contribution in [2.24, 2.45) is 0 Å². The number of phenolic OH excluding ortho intramolecular Hbond substituents is 1. The van der Waals surface area contributed by atoms with E-state index in [1.54, 1.807) is 41.3 Å². The van der Waals surface area contributed by atoms with Crippen LogP contribution in [0.5, 0.6) is 5.75 Å². The zero-order chi connectivity index (χ0) is 19.0. The summed E-state index contributed by atoms with van der Waals surface area (Å²) in [5.41, 5.74) is 0.381. The van der Waals surface area contributed by atoms with Gasteiger partial charge in [-0.1, -0.05) is 16.8 Å². The van der Waals surface area contributed by atoms with E-state index in [4.69, 9.17) is 16.1 Å². The zero-order valence-corrected chi connectivity index (χ0v) is 14.9. The third kappa shape index (κ3) is 3.15. The summed E-state index contributed by atoms with van der Waals surface area (Å²) in [6.07, 6.45) is 0.0589. The highest BCUT2D eigenvalue weighted by molar-refractivity contribution is 6.30. The van der Waals surface area contributed by atoms with E-state index >= 15 is 0 Å². The number of aliphatic hydroxyl groups is 1. The number of amides is 1. The SMILES string of the molecule is O=C1CC(CO)(c2nc(-c3ccc(O)cc3)no2)CN1c1ccc(Cl)cc1. The van der Waals surface area contributed by atoms with Crippen LogP contribution in [-0.4, -0.2) is 39.4 Å². The van der Waals surface area contributed by atoms with E-state index in [1.807, 2.05) is 0 Å². The summed E-state index contributed by atoms with van der Waals surface area (Å²) < 4.78 is 5.40. The molecule has 0 aliphatic carbocycles. The van der Waals surface area contributed by atoms with Crippen LogP contribution in [0.15, 0.2) is 53.1 Å². The fourth-order valence-corrected chi connectivity index (χ4v) is 3.30. The van der Waals surface area contributed by atoms with Gasteiger partial charge in [0.25, 0.3) is 0 Å². The van der Waals surface area contributed by atoms with Crippen LogP contribution in [0.1, 0.15) is 12.3 Å². The number of hydrogen-bond acceptors (Lipinski definition) is 6. The van der Waals surface area contributed by atoms with Gasteiger partial charge < -0.3 is 19.6 Å². The molecule has 7 nitrogen and oxygen atoms in total. The molecule has 1 aliphatic heterocycles. The number of phenols is 1. The Bertz CT molecular complexity index is 971. The average molecular weight is 386 g/mol. The molecule has 27 heavy (non-hydrogen) atoms. The van der Waals surface area contributed by atoms with Gasteiger partial charge in [-0.3, -0.25) is 4.79 Å². The fraction of sp³-hybridized carbons (Fsp3) is 0.211. The van der Waals surface area contributed by atoms with E-state index in [0.29, 0.717) is 22.1 Å². The van der Waals surface area contributed by atoms with Crippen LogP contribution in [-0.2, 0) is 10.2 Å². The molecule has 3 aromatic rings. The van der Waals surface area contributed by atoms with E-state index < -0.39 is 5.41 Å². The molecule has 2 aromatic carbocycles. The van der Waals surface area contributed by atoms with Crippen molar-refractivity contribution in [3.8, 4) is 17.1 Å². The lowest BCUT2D eigenvalue weighted by atomic mass is 9.88. The van der Waals surface area contributed by atoms with Crippen molar-refractivity contribution in [1.29, 1.82) is 0 Å². The highest BCUT2D eigenvalue weighted by Gasteiger charge is 2.49. The Hall–Kier alpha value is -2.90. The van der Waals surface area contributed by atoms with Crippen molar-refractivity contribution in [3.05, 3.63) is 59.4 Å². The smallest absolute Gasteiger partial charge is 0.237 e. The molecule has 1 atom stereocenters. The maximum absolute atomic E-state index is 12.6. The summed E-state index contributed by atoms with van der Waals surface area (Å²) in [7, 11) is 0. The van der Waals surface area contributed by atoms with Crippen molar-refractivity contribution in [1.82, 2.24) is 10.1 Å². The summed E-state index contributed by atoms with van der Waals surface area (Å²) in [5.74, 6) is 0.526. The highest BCUT2D eigenvalue weighted by atomic mass is 35.5. The Morgan fingerprint density at radius 1 is 1.15 bits per heavy atom. The molecule has 0 spiro atoms. The van der Waals surface area contributed by atoms with Gasteiger partial charge in [-0.05, 0) is 48.5 Å². The zero-order valence-electron chi connectivity index (χ0n) is 14.2. The van der Waals surface area contributed by atoms with Gasteiger partial charge in [0, 0.05) is 29.2 Å². The first-order chi connectivity index (χ1) is 13.0. The predicted octanol–water partition coefficient (Wildman–Crippen LogP) is 2.76. The van der Waals surface area contributed by atoms with Crippen LogP contribution in [0, 0.1) is 0 Å². The molecule has 0 saturated carbocycles. The van der Waals surface area contributed by atoms with Crippen molar-refractivity contribution in [3.63, 3.8) is 0 Å². The maximum Gasteiger partial charge on any atom is 0.237 e. The van der Waals surface area contributed by atoms with Crippen molar-refractivity contribution >= 4 is 23.2 Å². The third-order valence-corrected chi connectivity index (χ3v) is 4.95. The molecular weight excluding hydrogens is 370 g/mol. The van der Waals surface area contributed by atoms with Gasteiger partial charge in [-0.15, -0.1) is 0 Å². The number of aromatic hydroxyl groups is 1. The van der Waals surface area contributed by atoms with Gasteiger partial charge in [0.2, 0.25) is 17.6 Å². The number of carbonyl (C=O) groups excluding carboxylic acids is 1. The molecule has 1 aromatic heterocycles. The second kappa shape index (κ2) is 6.68. The number of carbonyl (C=O) groups is 1. The van der Waals surface area contributed by atoms with Crippen LogP contribution >= 0.6 is 11.6 Å². The molecule has 1 aliphatic rings. The van der Waals surface area contributed by atoms with Crippen LogP contribution in [0.4, 0.5) is 5.69 Å². The molecule has 138 valence electrons. The first-order valence-electron chi connectivity index (χ1n) is 8.31. The van der Waals surface area contributed by atoms with Crippen molar-refractivity contribution < 1.29 is 19.5 Å². The Morgan fingerprint density at radius 2 is 1.85 bits per heavy atom. The van der Waals surface area contributed by atoms with Crippen LogP contribution in [0.3, 0.4) is 0 Å². The van der Waals surface area contributed by atoms with Gasteiger partial charge >= 0.3 is 0 Å². The van der Waals surface area contributed by atoms with E-state index in [2.05, 4.69) is 10.1 Å². The number of nitrogens with zero attached hydrogens (tertiary/aromatic N) is 3. The molecule has 1 unspecified atom stereocenters. The summed E-state index contributed by atoms with van der Waals surface area (Å²) in [6.45, 7) is -0.0821. The Balaban J connectivity index is 1.64. The number of aromatic nitrogens is 2. The lowest BCUT2D eigenvalue weighted by Gasteiger charge is -2.22. The minimum atomic E-state index is -0.973. The molecular formula is C19H16ClN3O4. The normalized spacial score (nSPS) is 19.6. The number of hydrogen-bond donors (Lipinski definition) is 2. The maximum atomic E-state index is 12.6. The molecule has 4 rings (SSSR count). The highest BCUT2D eigenvalue weighted by Crippen LogP contribution is 2.37. The van der Waals surface area contributed by atoms with Crippen LogP contribution in [0.2, 0.25) is 5.02 Å². The minimum absolute atomic E-state index is 0.0589. The third-order valence-electron chi connectivity index (χ3n) is 4.70. The molecule has 1 saturated heterocycles. The molecule has 1 amide bonds. The first-order valence-corrected chi connectivity index (χ1v) is 8.69. The number of benzene rings is 2. The Morgan fingerprint density at radius 3 is 2.52 bits per heavy atom. The van der Waals surface area contributed by atoms with Gasteiger partial charge in [-0.25, -0.2) is 0 Å². The Labute approximate surface area is 159 Å². The summed E-state index contributed by atoms with van der Waals surface area (Å²) in [5, 5.41) is 24.0. The monoisotopic (exact) mass is 385 g/mol. The van der Waals surface area contributed by atoms with Gasteiger partial charge in [0.15, 0.2) is 0 Å². The topological polar surface area (TPSA) is 99.7 Å². The lowest BCUT2D eigenvalue weighted by Crippen LogP contribution is -2.35.